The summed E-state index contributed by atoms with van der Waals surface area (Å²) in [5.74, 6) is 0. The number of halogens is 2. The standard InChI is InChI=1S/C13H15ClN2O2S2.ClH/c1-8-13(11-6-9(14)2-3-12(11)19-8)20(17,18)16-5-4-10(15)7-16;/h2-3,6,10H,4-5,7,15H2,1H3;1H/t10-;/m1./s1. The monoisotopic (exact) mass is 366 g/mol. The number of sulfonamides is 1. The average Bonchev–Trinajstić information content (AvgIpc) is 2.92. The maximum absolute atomic E-state index is 12.8. The molecule has 0 unspecified atom stereocenters. The molecule has 1 aromatic heterocycles. The van der Waals surface area contributed by atoms with E-state index < -0.39 is 10.0 Å². The van der Waals surface area contributed by atoms with Gasteiger partial charge in [-0.15, -0.1) is 23.7 Å². The molecule has 2 aromatic rings. The lowest BCUT2D eigenvalue weighted by atomic mass is 10.2. The first-order valence-corrected chi connectivity index (χ1v) is 8.97. The largest absolute Gasteiger partial charge is 0.326 e. The van der Waals surface area contributed by atoms with Gasteiger partial charge in [0.25, 0.3) is 0 Å². The summed E-state index contributed by atoms with van der Waals surface area (Å²) in [6.07, 6.45) is 0.709. The molecule has 3 rings (SSSR count). The molecule has 1 aromatic carbocycles. The fourth-order valence-corrected chi connectivity index (χ4v) is 6.01. The Balaban J connectivity index is 0.00000161. The quantitative estimate of drug-likeness (QED) is 0.888. The van der Waals surface area contributed by atoms with E-state index >= 15 is 0 Å². The number of nitrogens with zero attached hydrogens (tertiary/aromatic N) is 1. The lowest BCUT2D eigenvalue weighted by Gasteiger charge is -2.16. The third kappa shape index (κ3) is 2.93. The molecule has 4 nitrogen and oxygen atoms in total. The van der Waals surface area contributed by atoms with Crippen LogP contribution in [0.2, 0.25) is 5.02 Å². The summed E-state index contributed by atoms with van der Waals surface area (Å²) in [6, 6.07) is 5.30. The van der Waals surface area contributed by atoms with E-state index in [4.69, 9.17) is 17.3 Å². The maximum atomic E-state index is 12.8. The van der Waals surface area contributed by atoms with E-state index in [0.29, 0.717) is 34.8 Å². The minimum absolute atomic E-state index is 0. The molecule has 1 fully saturated rings. The van der Waals surface area contributed by atoms with Crippen molar-refractivity contribution in [3.05, 3.63) is 28.1 Å². The summed E-state index contributed by atoms with van der Waals surface area (Å²) in [5.41, 5.74) is 5.83. The predicted molar refractivity (Wildman–Crippen MR) is 90.2 cm³/mol. The predicted octanol–water partition coefficient (Wildman–Crippen LogP) is 3.01. The van der Waals surface area contributed by atoms with Crippen LogP contribution in [0.25, 0.3) is 10.1 Å². The molecule has 1 aliphatic heterocycles. The van der Waals surface area contributed by atoms with Crippen LogP contribution in [-0.2, 0) is 10.0 Å². The highest BCUT2D eigenvalue weighted by atomic mass is 35.5. The number of rotatable bonds is 2. The molecule has 0 aliphatic carbocycles. The van der Waals surface area contributed by atoms with Gasteiger partial charge in [-0.25, -0.2) is 8.42 Å². The first-order valence-electron chi connectivity index (χ1n) is 6.34. The van der Waals surface area contributed by atoms with Crippen LogP contribution in [0, 0.1) is 6.92 Å². The van der Waals surface area contributed by atoms with Crippen molar-refractivity contribution in [3.8, 4) is 0 Å². The fourth-order valence-electron chi connectivity index (χ4n) is 2.59. The molecule has 1 atom stereocenters. The van der Waals surface area contributed by atoms with E-state index in [-0.39, 0.29) is 18.4 Å². The van der Waals surface area contributed by atoms with E-state index in [2.05, 4.69) is 0 Å². The zero-order chi connectivity index (χ0) is 14.5. The van der Waals surface area contributed by atoms with E-state index in [0.717, 1.165) is 9.58 Å². The molecule has 0 spiro atoms. The lowest BCUT2D eigenvalue weighted by molar-refractivity contribution is 0.473. The Bertz CT molecular complexity index is 774. The topological polar surface area (TPSA) is 63.4 Å². The van der Waals surface area contributed by atoms with Crippen molar-refractivity contribution >= 4 is 55.5 Å². The lowest BCUT2D eigenvalue weighted by Crippen LogP contribution is -2.32. The minimum atomic E-state index is -3.50. The van der Waals surface area contributed by atoms with Gasteiger partial charge in [-0.2, -0.15) is 4.31 Å². The summed E-state index contributed by atoms with van der Waals surface area (Å²) >= 11 is 7.49. The number of nitrogens with two attached hydrogens (primary N) is 1. The second kappa shape index (κ2) is 6.02. The van der Waals surface area contributed by atoms with Crippen LogP contribution < -0.4 is 5.73 Å². The van der Waals surface area contributed by atoms with Crippen LogP contribution in [0.5, 0.6) is 0 Å². The van der Waals surface area contributed by atoms with E-state index in [1.54, 1.807) is 12.1 Å². The molecule has 116 valence electrons. The molecular formula is C13H16Cl2N2O2S2. The molecular weight excluding hydrogens is 351 g/mol. The van der Waals surface area contributed by atoms with Crippen molar-refractivity contribution in [2.24, 2.45) is 5.73 Å². The van der Waals surface area contributed by atoms with Gasteiger partial charge in [-0.05, 0) is 31.5 Å². The van der Waals surface area contributed by atoms with Gasteiger partial charge in [0.05, 0.1) is 0 Å². The number of thiophene rings is 1. The average molecular weight is 367 g/mol. The highest BCUT2D eigenvalue weighted by Gasteiger charge is 2.34. The fraction of sp³-hybridized carbons (Fsp3) is 0.385. The third-order valence-electron chi connectivity index (χ3n) is 3.55. The third-order valence-corrected chi connectivity index (χ3v) is 7.06. The Morgan fingerprint density at radius 2 is 2.14 bits per heavy atom. The van der Waals surface area contributed by atoms with Gasteiger partial charge in [-0.3, -0.25) is 0 Å². The van der Waals surface area contributed by atoms with Gasteiger partial charge in [0, 0.05) is 39.1 Å². The van der Waals surface area contributed by atoms with Gasteiger partial charge in [-0.1, -0.05) is 11.6 Å². The molecule has 21 heavy (non-hydrogen) atoms. The second-order valence-corrected chi connectivity index (χ2v) is 8.61. The van der Waals surface area contributed by atoms with Crippen molar-refractivity contribution in [2.75, 3.05) is 13.1 Å². The summed E-state index contributed by atoms with van der Waals surface area (Å²) in [7, 11) is -3.50. The Kier molecular flexibility index (Phi) is 4.87. The van der Waals surface area contributed by atoms with Gasteiger partial charge >= 0.3 is 0 Å². The van der Waals surface area contributed by atoms with Crippen LogP contribution in [0.1, 0.15) is 11.3 Å². The van der Waals surface area contributed by atoms with Gasteiger partial charge in [0.2, 0.25) is 10.0 Å². The summed E-state index contributed by atoms with van der Waals surface area (Å²) in [4.78, 5) is 1.18. The molecule has 1 aliphatic rings. The van der Waals surface area contributed by atoms with Crippen molar-refractivity contribution in [3.63, 3.8) is 0 Å². The van der Waals surface area contributed by atoms with E-state index in [1.807, 2.05) is 13.0 Å². The first-order chi connectivity index (χ1) is 9.39. The molecule has 0 radical (unpaired) electrons. The Hall–Kier alpha value is -0.370. The van der Waals surface area contributed by atoms with Crippen LogP contribution >= 0.6 is 35.3 Å². The second-order valence-electron chi connectivity index (χ2n) is 5.04. The van der Waals surface area contributed by atoms with Crippen molar-refractivity contribution < 1.29 is 8.42 Å². The zero-order valence-electron chi connectivity index (χ0n) is 11.4. The van der Waals surface area contributed by atoms with E-state index in [1.165, 1.54) is 15.6 Å². The van der Waals surface area contributed by atoms with Crippen LogP contribution in [0.4, 0.5) is 0 Å². The van der Waals surface area contributed by atoms with Gasteiger partial charge < -0.3 is 5.73 Å². The minimum Gasteiger partial charge on any atom is -0.326 e. The molecule has 1 saturated heterocycles. The Labute approximate surface area is 139 Å². The van der Waals surface area contributed by atoms with Crippen LogP contribution in [0.15, 0.2) is 23.1 Å². The SMILES string of the molecule is Cc1sc2ccc(Cl)cc2c1S(=O)(=O)N1CC[C@@H](N)C1.Cl. The van der Waals surface area contributed by atoms with Crippen molar-refractivity contribution in [1.29, 1.82) is 0 Å². The summed E-state index contributed by atoms with van der Waals surface area (Å²) in [5, 5.41) is 1.25. The molecule has 2 N–H and O–H groups in total. The summed E-state index contributed by atoms with van der Waals surface area (Å²) in [6.45, 7) is 2.71. The first kappa shape index (κ1) is 17.0. The molecule has 0 amide bonds. The molecule has 0 saturated carbocycles. The number of fused-ring (bicyclic) bond motifs is 1. The Morgan fingerprint density at radius 1 is 1.43 bits per heavy atom. The van der Waals surface area contributed by atoms with Gasteiger partial charge in [0.1, 0.15) is 4.90 Å². The van der Waals surface area contributed by atoms with Crippen LogP contribution in [0.3, 0.4) is 0 Å². The van der Waals surface area contributed by atoms with Crippen molar-refractivity contribution in [2.45, 2.75) is 24.3 Å². The highest BCUT2D eigenvalue weighted by molar-refractivity contribution is 7.89. The van der Waals surface area contributed by atoms with Gasteiger partial charge in [0.15, 0.2) is 0 Å². The highest BCUT2D eigenvalue weighted by Crippen LogP contribution is 2.37. The zero-order valence-corrected chi connectivity index (χ0v) is 14.6. The molecule has 0 bridgehead atoms. The van der Waals surface area contributed by atoms with Crippen LogP contribution in [-0.4, -0.2) is 31.9 Å². The number of hydrogen-bond acceptors (Lipinski definition) is 4. The normalized spacial score (nSPS) is 19.9. The number of aryl methyl sites for hydroxylation is 1. The number of hydrogen-bond donors (Lipinski definition) is 1. The maximum Gasteiger partial charge on any atom is 0.244 e. The summed E-state index contributed by atoms with van der Waals surface area (Å²) < 4.78 is 28.1. The number of benzene rings is 1. The smallest absolute Gasteiger partial charge is 0.244 e. The Morgan fingerprint density at radius 3 is 2.76 bits per heavy atom. The molecule has 8 heteroatoms. The molecule has 2 heterocycles. The van der Waals surface area contributed by atoms with E-state index in [9.17, 15) is 8.42 Å². The van der Waals surface area contributed by atoms with Crippen molar-refractivity contribution in [1.82, 2.24) is 4.31 Å².